The number of amides is 1. The number of hydrogen-bond donors (Lipinski definition) is 1. The zero-order valence-electron chi connectivity index (χ0n) is 13.2. The molecule has 2 aromatic rings. The van der Waals surface area contributed by atoms with E-state index >= 15 is 0 Å². The number of ketones is 1. The number of rotatable bonds is 4. The second-order valence-corrected chi connectivity index (χ2v) is 6.00. The van der Waals surface area contributed by atoms with Crippen molar-refractivity contribution in [2.24, 2.45) is 0 Å². The first-order chi connectivity index (χ1) is 11.5. The van der Waals surface area contributed by atoms with Gasteiger partial charge in [0.1, 0.15) is 11.8 Å². The van der Waals surface area contributed by atoms with Crippen LogP contribution < -0.4 is 4.90 Å². The summed E-state index contributed by atoms with van der Waals surface area (Å²) in [7, 11) is 0. The number of benzene rings is 1. The molecule has 1 aliphatic rings. The van der Waals surface area contributed by atoms with Gasteiger partial charge in [0.15, 0.2) is 11.5 Å². The molecule has 0 saturated carbocycles. The summed E-state index contributed by atoms with van der Waals surface area (Å²) < 4.78 is 5.44. The third-order valence-electron chi connectivity index (χ3n) is 4.07. The van der Waals surface area contributed by atoms with Crippen LogP contribution >= 0.6 is 11.6 Å². The number of furan rings is 1. The van der Waals surface area contributed by atoms with Crippen molar-refractivity contribution in [3.63, 3.8) is 0 Å². The molecule has 1 unspecified atom stereocenters. The topological polar surface area (TPSA) is 70.8 Å². The Hall–Kier alpha value is -2.53. The molecule has 0 saturated heterocycles. The molecule has 0 aliphatic carbocycles. The van der Waals surface area contributed by atoms with Crippen molar-refractivity contribution in [2.75, 3.05) is 4.90 Å². The number of aryl methyl sites for hydroxylation is 1. The summed E-state index contributed by atoms with van der Waals surface area (Å²) in [4.78, 5) is 26.4. The average molecular weight is 346 g/mol. The molecular formula is C18H16ClNO4. The average Bonchev–Trinajstić information content (AvgIpc) is 3.17. The second-order valence-electron chi connectivity index (χ2n) is 5.56. The van der Waals surface area contributed by atoms with Gasteiger partial charge >= 0.3 is 0 Å². The van der Waals surface area contributed by atoms with Gasteiger partial charge in [0.25, 0.3) is 5.91 Å². The third kappa shape index (κ3) is 2.51. The summed E-state index contributed by atoms with van der Waals surface area (Å²) in [6.07, 6.45) is 1.64. The van der Waals surface area contributed by atoms with Crippen LogP contribution in [0.4, 0.5) is 5.69 Å². The second kappa shape index (κ2) is 6.17. The van der Waals surface area contributed by atoms with Crippen LogP contribution in [0.25, 0.3) is 0 Å². The predicted octanol–water partition coefficient (Wildman–Crippen LogP) is 4.12. The van der Waals surface area contributed by atoms with E-state index in [2.05, 4.69) is 0 Å². The van der Waals surface area contributed by atoms with Crippen LogP contribution in [0.5, 0.6) is 0 Å². The third-order valence-corrected chi connectivity index (χ3v) is 4.31. The van der Waals surface area contributed by atoms with Crippen molar-refractivity contribution < 1.29 is 19.1 Å². The first kappa shape index (κ1) is 16.3. The standard InChI is InChI=1S/C18H16ClNO4/c1-3-13(21)15-16(14-5-4-8-24-14)20(18(23)17(15)22)12-9-11(19)7-6-10(12)2/h4-9,16,22H,3H2,1-2H3. The normalized spacial score (nSPS) is 17.7. The Morgan fingerprint density at radius 1 is 1.38 bits per heavy atom. The minimum absolute atomic E-state index is 0.0526. The highest BCUT2D eigenvalue weighted by atomic mass is 35.5. The van der Waals surface area contributed by atoms with Crippen LogP contribution in [0.15, 0.2) is 52.3 Å². The quantitative estimate of drug-likeness (QED) is 0.904. The van der Waals surface area contributed by atoms with Gasteiger partial charge in [-0.3, -0.25) is 14.5 Å². The number of carbonyl (C=O) groups excluding carboxylic acids is 2. The molecule has 1 atom stereocenters. The number of Topliss-reactive ketones (excluding diaryl/α,β-unsaturated/α-hetero) is 1. The zero-order chi connectivity index (χ0) is 17.4. The van der Waals surface area contributed by atoms with Crippen molar-refractivity contribution in [3.05, 3.63) is 64.3 Å². The van der Waals surface area contributed by atoms with E-state index in [1.165, 1.54) is 11.2 Å². The van der Waals surface area contributed by atoms with E-state index in [4.69, 9.17) is 16.0 Å². The van der Waals surface area contributed by atoms with Crippen LogP contribution in [-0.4, -0.2) is 16.8 Å². The van der Waals surface area contributed by atoms with Gasteiger partial charge in [-0.1, -0.05) is 24.6 Å². The van der Waals surface area contributed by atoms with E-state index in [9.17, 15) is 14.7 Å². The van der Waals surface area contributed by atoms with Crippen molar-refractivity contribution in [3.8, 4) is 0 Å². The Morgan fingerprint density at radius 3 is 2.75 bits per heavy atom. The Labute approximate surface area is 144 Å². The Kier molecular flexibility index (Phi) is 4.20. The van der Waals surface area contributed by atoms with Crippen molar-refractivity contribution in [2.45, 2.75) is 26.3 Å². The molecule has 1 aromatic carbocycles. The van der Waals surface area contributed by atoms with E-state index in [0.29, 0.717) is 16.5 Å². The number of carbonyl (C=O) groups is 2. The van der Waals surface area contributed by atoms with Gasteiger partial charge in [0, 0.05) is 17.1 Å². The Bertz CT molecular complexity index is 839. The van der Waals surface area contributed by atoms with Crippen molar-refractivity contribution in [1.29, 1.82) is 0 Å². The first-order valence-electron chi connectivity index (χ1n) is 7.55. The van der Waals surface area contributed by atoms with Gasteiger partial charge in [0.2, 0.25) is 0 Å². The maximum Gasteiger partial charge on any atom is 0.294 e. The van der Waals surface area contributed by atoms with E-state index < -0.39 is 17.7 Å². The fourth-order valence-electron chi connectivity index (χ4n) is 2.89. The van der Waals surface area contributed by atoms with Gasteiger partial charge < -0.3 is 9.52 Å². The molecular weight excluding hydrogens is 330 g/mol. The fraction of sp³-hybridized carbons (Fsp3) is 0.222. The molecule has 0 bridgehead atoms. The zero-order valence-corrected chi connectivity index (χ0v) is 14.0. The Morgan fingerprint density at radius 2 is 2.12 bits per heavy atom. The molecule has 1 N–H and O–H groups in total. The molecule has 0 spiro atoms. The van der Waals surface area contributed by atoms with E-state index in [-0.39, 0.29) is 17.8 Å². The summed E-state index contributed by atoms with van der Waals surface area (Å²) in [6, 6.07) is 7.67. The lowest BCUT2D eigenvalue weighted by atomic mass is 9.99. The highest BCUT2D eigenvalue weighted by Gasteiger charge is 2.45. The number of halogens is 1. The summed E-state index contributed by atoms with van der Waals surface area (Å²) in [5.74, 6) is -1.07. The SMILES string of the molecule is CCC(=O)C1=C(O)C(=O)N(c2cc(Cl)ccc2C)C1c1ccco1. The largest absolute Gasteiger partial charge is 0.503 e. The molecule has 24 heavy (non-hydrogen) atoms. The smallest absolute Gasteiger partial charge is 0.294 e. The maximum atomic E-state index is 12.7. The molecule has 1 amide bonds. The number of hydrogen-bond acceptors (Lipinski definition) is 4. The minimum Gasteiger partial charge on any atom is -0.503 e. The summed E-state index contributed by atoms with van der Waals surface area (Å²) in [6.45, 7) is 3.51. The van der Waals surface area contributed by atoms with Gasteiger partial charge in [-0.05, 0) is 36.8 Å². The number of nitrogens with zero attached hydrogens (tertiary/aromatic N) is 1. The molecule has 1 aromatic heterocycles. The lowest BCUT2D eigenvalue weighted by Gasteiger charge is -2.26. The molecule has 5 nitrogen and oxygen atoms in total. The molecule has 0 fully saturated rings. The fourth-order valence-corrected chi connectivity index (χ4v) is 3.05. The van der Waals surface area contributed by atoms with Crippen molar-refractivity contribution in [1.82, 2.24) is 0 Å². The van der Waals surface area contributed by atoms with Gasteiger partial charge in [-0.15, -0.1) is 0 Å². The summed E-state index contributed by atoms with van der Waals surface area (Å²) in [5.41, 5.74) is 1.37. The number of anilines is 1. The van der Waals surface area contributed by atoms with Crippen LogP contribution in [0.3, 0.4) is 0 Å². The van der Waals surface area contributed by atoms with Gasteiger partial charge in [-0.25, -0.2) is 0 Å². The minimum atomic E-state index is -0.808. The molecule has 3 rings (SSSR count). The van der Waals surface area contributed by atoms with Gasteiger partial charge in [0.05, 0.1) is 11.8 Å². The molecule has 124 valence electrons. The maximum absolute atomic E-state index is 12.7. The van der Waals surface area contributed by atoms with E-state index in [1.807, 2.05) is 6.92 Å². The van der Waals surface area contributed by atoms with Crippen molar-refractivity contribution >= 4 is 29.0 Å². The Balaban J connectivity index is 2.21. The monoisotopic (exact) mass is 345 g/mol. The van der Waals surface area contributed by atoms with Gasteiger partial charge in [-0.2, -0.15) is 0 Å². The molecule has 1 aliphatic heterocycles. The highest BCUT2D eigenvalue weighted by molar-refractivity contribution is 6.31. The van der Waals surface area contributed by atoms with E-state index in [0.717, 1.165) is 5.56 Å². The molecule has 0 radical (unpaired) electrons. The van der Waals surface area contributed by atoms with Crippen LogP contribution in [0.2, 0.25) is 5.02 Å². The molecule has 2 heterocycles. The first-order valence-corrected chi connectivity index (χ1v) is 7.93. The lowest BCUT2D eigenvalue weighted by molar-refractivity contribution is -0.118. The van der Waals surface area contributed by atoms with Crippen LogP contribution in [-0.2, 0) is 9.59 Å². The number of aliphatic hydroxyl groups excluding tert-OH is 1. The summed E-state index contributed by atoms with van der Waals surface area (Å²) in [5, 5.41) is 10.8. The highest BCUT2D eigenvalue weighted by Crippen LogP contribution is 2.43. The molecule has 6 heteroatoms. The summed E-state index contributed by atoms with van der Waals surface area (Å²) >= 11 is 6.07. The van der Waals surface area contributed by atoms with Crippen LogP contribution in [0, 0.1) is 6.92 Å². The van der Waals surface area contributed by atoms with E-state index in [1.54, 1.807) is 37.3 Å². The predicted molar refractivity (Wildman–Crippen MR) is 90.1 cm³/mol. The number of aliphatic hydroxyl groups is 1. The lowest BCUT2D eigenvalue weighted by Crippen LogP contribution is -2.31. The van der Waals surface area contributed by atoms with Crippen LogP contribution in [0.1, 0.15) is 30.7 Å².